The molecule has 0 spiro atoms. The minimum Gasteiger partial charge on any atom is -0.339 e. The van der Waals surface area contributed by atoms with Crippen LogP contribution in [0.15, 0.2) is 30.1 Å². The minimum absolute atomic E-state index is 0.602. The second-order valence-electron chi connectivity index (χ2n) is 1.97. The van der Waals surface area contributed by atoms with Gasteiger partial charge in [0.25, 0.3) is 0 Å². The van der Waals surface area contributed by atoms with E-state index in [-0.39, 0.29) is 0 Å². The molecule has 52 valence electrons. The van der Waals surface area contributed by atoms with Crippen molar-refractivity contribution in [3.05, 3.63) is 30.1 Å². The van der Waals surface area contributed by atoms with Crippen LogP contribution in [0.25, 0.3) is 0 Å². The molecule has 1 aliphatic rings. The normalized spacial score (nSPS) is 15.7. The Hall–Kier alpha value is -1.27. The van der Waals surface area contributed by atoms with Crippen molar-refractivity contribution in [1.82, 2.24) is 4.90 Å². The Morgan fingerprint density at radius 1 is 1.60 bits per heavy atom. The zero-order valence-corrected chi connectivity index (χ0v) is 5.87. The first-order valence-corrected chi connectivity index (χ1v) is 3.25. The first-order chi connectivity index (χ1) is 4.88. The smallest absolute Gasteiger partial charge is 0.150 e. The molecular formula is C8H9NO. The highest BCUT2D eigenvalue weighted by Gasteiger charge is 2.02. The lowest BCUT2D eigenvalue weighted by Gasteiger charge is -2.17. The van der Waals surface area contributed by atoms with Crippen molar-refractivity contribution in [2.45, 2.75) is 6.92 Å². The zero-order chi connectivity index (χ0) is 7.40. The van der Waals surface area contributed by atoms with Crippen LogP contribution >= 0.6 is 0 Å². The number of allylic oxidation sites excluding steroid dienone is 3. The first-order valence-electron chi connectivity index (χ1n) is 3.25. The van der Waals surface area contributed by atoms with Gasteiger partial charge in [0.15, 0.2) is 5.94 Å². The molecule has 0 aliphatic carbocycles. The predicted molar refractivity (Wildman–Crippen MR) is 39.9 cm³/mol. The predicted octanol–water partition coefficient (Wildman–Crippen LogP) is 1.11. The third-order valence-electron chi connectivity index (χ3n) is 1.39. The summed E-state index contributed by atoms with van der Waals surface area (Å²) in [7, 11) is 0. The van der Waals surface area contributed by atoms with Crippen LogP contribution in [0.2, 0.25) is 0 Å². The van der Waals surface area contributed by atoms with Crippen molar-refractivity contribution >= 4 is 5.94 Å². The fraction of sp³-hybridized carbons (Fsp3) is 0.250. The number of carbonyl (C=O) groups excluding carboxylic acids is 1. The molecule has 0 N–H and O–H groups in total. The SMILES string of the molecule is CCN1C=CC=CC1=C=O. The molecule has 0 aromatic rings. The summed E-state index contributed by atoms with van der Waals surface area (Å²) in [4.78, 5) is 12.1. The Morgan fingerprint density at radius 2 is 2.40 bits per heavy atom. The van der Waals surface area contributed by atoms with E-state index in [0.29, 0.717) is 5.70 Å². The van der Waals surface area contributed by atoms with Gasteiger partial charge in [0, 0.05) is 12.7 Å². The van der Waals surface area contributed by atoms with Crippen LogP contribution < -0.4 is 0 Å². The van der Waals surface area contributed by atoms with E-state index in [2.05, 4.69) is 0 Å². The maximum absolute atomic E-state index is 10.2. The Balaban J connectivity index is 2.84. The van der Waals surface area contributed by atoms with E-state index in [4.69, 9.17) is 0 Å². The first kappa shape index (κ1) is 6.84. The molecule has 0 atom stereocenters. The van der Waals surface area contributed by atoms with Gasteiger partial charge in [0.05, 0.1) is 0 Å². The van der Waals surface area contributed by atoms with Gasteiger partial charge in [0.1, 0.15) is 5.70 Å². The lowest BCUT2D eigenvalue weighted by molar-refractivity contribution is 0.496. The Bertz CT molecular complexity index is 221. The maximum Gasteiger partial charge on any atom is 0.150 e. The highest BCUT2D eigenvalue weighted by atomic mass is 16.1. The molecule has 1 heterocycles. The lowest BCUT2D eigenvalue weighted by atomic mass is 10.3. The number of likely N-dealkylation sites (N-methyl/N-ethyl adjacent to an activating group) is 1. The van der Waals surface area contributed by atoms with E-state index < -0.39 is 0 Å². The molecule has 0 aromatic heterocycles. The minimum atomic E-state index is 0.602. The largest absolute Gasteiger partial charge is 0.339 e. The van der Waals surface area contributed by atoms with E-state index in [1.165, 1.54) is 0 Å². The average Bonchev–Trinajstić information content (AvgIpc) is 2.04. The van der Waals surface area contributed by atoms with Crippen molar-refractivity contribution in [3.8, 4) is 0 Å². The summed E-state index contributed by atoms with van der Waals surface area (Å²) in [5, 5.41) is 0. The molecule has 0 radical (unpaired) electrons. The van der Waals surface area contributed by atoms with Gasteiger partial charge in [0.2, 0.25) is 0 Å². The summed E-state index contributed by atoms with van der Waals surface area (Å²) < 4.78 is 0. The average molecular weight is 135 g/mol. The summed E-state index contributed by atoms with van der Waals surface area (Å²) in [6, 6.07) is 0. The van der Waals surface area contributed by atoms with E-state index in [9.17, 15) is 4.79 Å². The molecule has 2 heteroatoms. The summed E-state index contributed by atoms with van der Waals surface area (Å²) in [5.41, 5.74) is 0.602. The van der Waals surface area contributed by atoms with Gasteiger partial charge >= 0.3 is 0 Å². The van der Waals surface area contributed by atoms with Crippen molar-refractivity contribution in [2.75, 3.05) is 6.54 Å². The summed E-state index contributed by atoms with van der Waals surface area (Å²) in [5.74, 6) is 1.86. The van der Waals surface area contributed by atoms with Crippen LogP contribution in [0.3, 0.4) is 0 Å². The van der Waals surface area contributed by atoms with E-state index in [1.54, 1.807) is 6.08 Å². The van der Waals surface area contributed by atoms with Gasteiger partial charge in [-0.25, -0.2) is 4.79 Å². The van der Waals surface area contributed by atoms with Gasteiger partial charge < -0.3 is 4.90 Å². The van der Waals surface area contributed by atoms with Crippen molar-refractivity contribution in [3.63, 3.8) is 0 Å². The Morgan fingerprint density at radius 3 is 2.90 bits per heavy atom. The van der Waals surface area contributed by atoms with Crippen LogP contribution in [0.1, 0.15) is 6.92 Å². The maximum atomic E-state index is 10.2. The number of nitrogens with zero attached hydrogens (tertiary/aromatic N) is 1. The van der Waals surface area contributed by atoms with Crippen molar-refractivity contribution in [1.29, 1.82) is 0 Å². The Labute approximate surface area is 60.1 Å². The molecule has 0 amide bonds. The third-order valence-corrected chi connectivity index (χ3v) is 1.39. The molecule has 0 saturated carbocycles. The molecule has 0 aromatic carbocycles. The van der Waals surface area contributed by atoms with E-state index in [1.807, 2.05) is 36.1 Å². The highest BCUT2D eigenvalue weighted by Crippen LogP contribution is 2.07. The van der Waals surface area contributed by atoms with Crippen LogP contribution in [-0.4, -0.2) is 17.4 Å². The van der Waals surface area contributed by atoms with Gasteiger partial charge in [-0.2, -0.15) is 0 Å². The summed E-state index contributed by atoms with van der Waals surface area (Å²) in [6.45, 7) is 2.80. The quantitative estimate of drug-likeness (QED) is 0.502. The monoisotopic (exact) mass is 135 g/mol. The van der Waals surface area contributed by atoms with Gasteiger partial charge in [-0.05, 0) is 19.1 Å². The topological polar surface area (TPSA) is 20.3 Å². The number of rotatable bonds is 1. The van der Waals surface area contributed by atoms with E-state index in [0.717, 1.165) is 6.54 Å². The molecule has 0 saturated heterocycles. The van der Waals surface area contributed by atoms with Crippen LogP contribution in [0, 0.1) is 0 Å². The second kappa shape index (κ2) is 3.04. The van der Waals surface area contributed by atoms with Gasteiger partial charge in [-0.3, -0.25) is 0 Å². The molecule has 2 nitrogen and oxygen atoms in total. The van der Waals surface area contributed by atoms with Crippen LogP contribution in [0.5, 0.6) is 0 Å². The highest BCUT2D eigenvalue weighted by molar-refractivity contribution is 5.58. The zero-order valence-electron chi connectivity index (χ0n) is 5.87. The van der Waals surface area contributed by atoms with E-state index >= 15 is 0 Å². The lowest BCUT2D eigenvalue weighted by Crippen LogP contribution is -2.16. The van der Waals surface area contributed by atoms with Crippen LogP contribution in [-0.2, 0) is 4.79 Å². The number of hydrogen-bond acceptors (Lipinski definition) is 2. The summed E-state index contributed by atoms with van der Waals surface area (Å²) in [6.07, 6.45) is 7.33. The standard InChI is InChI=1S/C8H9NO/c1-2-9-6-4-3-5-8(9)7-10/h3-6H,2H2,1H3. The molecule has 1 rings (SSSR count). The molecule has 0 fully saturated rings. The van der Waals surface area contributed by atoms with Crippen LogP contribution in [0.4, 0.5) is 0 Å². The molecular weight excluding hydrogens is 126 g/mol. The molecule has 0 unspecified atom stereocenters. The second-order valence-corrected chi connectivity index (χ2v) is 1.97. The van der Waals surface area contributed by atoms with Crippen molar-refractivity contribution in [2.24, 2.45) is 0 Å². The van der Waals surface area contributed by atoms with Gasteiger partial charge in [-0.15, -0.1) is 0 Å². The summed E-state index contributed by atoms with van der Waals surface area (Å²) >= 11 is 0. The molecule has 0 bridgehead atoms. The van der Waals surface area contributed by atoms with Gasteiger partial charge in [-0.1, -0.05) is 6.08 Å². The third kappa shape index (κ3) is 1.17. The Kier molecular flexibility index (Phi) is 2.08. The fourth-order valence-corrected chi connectivity index (χ4v) is 0.845. The molecule has 1 aliphatic heterocycles. The fourth-order valence-electron chi connectivity index (χ4n) is 0.845. The molecule has 10 heavy (non-hydrogen) atoms. The number of hydrogen-bond donors (Lipinski definition) is 0. The van der Waals surface area contributed by atoms with Crippen molar-refractivity contribution < 1.29 is 4.79 Å².